The number of amides is 1. The third-order valence-electron chi connectivity index (χ3n) is 4.86. The van der Waals surface area contributed by atoms with Crippen LogP contribution in [0.5, 0.6) is 0 Å². The summed E-state index contributed by atoms with van der Waals surface area (Å²) >= 11 is 1.21. The molecule has 27 heavy (non-hydrogen) atoms. The van der Waals surface area contributed by atoms with Crippen LogP contribution in [0, 0.1) is 5.92 Å². The van der Waals surface area contributed by atoms with E-state index in [1.54, 1.807) is 17.5 Å². The molecule has 0 saturated carbocycles. The Morgan fingerprint density at radius 3 is 2.67 bits per heavy atom. The lowest BCUT2D eigenvalue weighted by atomic mass is 9.98. The molecule has 0 unspecified atom stereocenters. The average molecular weight is 401 g/mol. The van der Waals surface area contributed by atoms with Gasteiger partial charge >= 0.3 is 0 Å². The first-order valence-electron chi connectivity index (χ1n) is 8.87. The molecule has 140 valence electrons. The highest BCUT2D eigenvalue weighted by atomic mass is 32.2. The van der Waals surface area contributed by atoms with Gasteiger partial charge in [0.1, 0.15) is 4.21 Å². The second kappa shape index (κ2) is 7.42. The molecule has 1 fully saturated rings. The number of hydrogen-bond acceptors (Lipinski definition) is 4. The molecule has 7 heteroatoms. The summed E-state index contributed by atoms with van der Waals surface area (Å²) in [6, 6.07) is 17.1. The molecule has 1 amide bonds. The van der Waals surface area contributed by atoms with Crippen LogP contribution in [0.1, 0.15) is 12.8 Å². The fraction of sp³-hybridized carbons (Fsp3) is 0.250. The van der Waals surface area contributed by atoms with Crippen molar-refractivity contribution in [2.24, 2.45) is 5.92 Å². The van der Waals surface area contributed by atoms with Crippen LogP contribution < -0.4 is 5.32 Å². The van der Waals surface area contributed by atoms with Gasteiger partial charge in [0.05, 0.1) is 5.92 Å². The number of nitrogens with one attached hydrogen (secondary N) is 1. The Bertz CT molecular complexity index is 1060. The second-order valence-electron chi connectivity index (χ2n) is 6.69. The Labute approximate surface area is 162 Å². The van der Waals surface area contributed by atoms with Crippen LogP contribution >= 0.6 is 11.3 Å². The van der Waals surface area contributed by atoms with Gasteiger partial charge in [-0.1, -0.05) is 36.4 Å². The average Bonchev–Trinajstić information content (AvgIpc) is 3.24. The van der Waals surface area contributed by atoms with Crippen molar-refractivity contribution in [3.8, 4) is 0 Å². The van der Waals surface area contributed by atoms with E-state index in [2.05, 4.69) is 5.32 Å². The maximum absolute atomic E-state index is 12.7. The highest BCUT2D eigenvalue weighted by Crippen LogP contribution is 2.27. The molecule has 0 radical (unpaired) electrons. The zero-order valence-electron chi connectivity index (χ0n) is 14.7. The summed E-state index contributed by atoms with van der Waals surface area (Å²) in [7, 11) is -3.51. The number of fused-ring (bicyclic) bond motifs is 1. The Morgan fingerprint density at radius 1 is 1.07 bits per heavy atom. The van der Waals surface area contributed by atoms with Crippen LogP contribution in [0.15, 0.2) is 64.2 Å². The number of carbonyl (C=O) groups is 1. The van der Waals surface area contributed by atoms with Crippen LogP contribution in [-0.2, 0) is 14.8 Å². The van der Waals surface area contributed by atoms with Crippen LogP contribution in [0.25, 0.3) is 10.8 Å². The lowest BCUT2D eigenvalue weighted by molar-refractivity contribution is -0.120. The van der Waals surface area contributed by atoms with E-state index >= 15 is 0 Å². The summed E-state index contributed by atoms with van der Waals surface area (Å²) < 4.78 is 27.2. The van der Waals surface area contributed by atoms with Gasteiger partial charge in [-0.05, 0) is 47.2 Å². The number of nitrogens with zero attached hydrogens (tertiary/aromatic N) is 1. The molecular formula is C20H20N2O3S2. The van der Waals surface area contributed by atoms with Gasteiger partial charge in [0.25, 0.3) is 10.0 Å². The van der Waals surface area contributed by atoms with Crippen molar-refractivity contribution in [3.63, 3.8) is 0 Å². The van der Waals surface area contributed by atoms with Gasteiger partial charge in [0, 0.05) is 18.8 Å². The van der Waals surface area contributed by atoms with Gasteiger partial charge < -0.3 is 5.32 Å². The molecule has 1 aliphatic heterocycles. The molecule has 0 aliphatic carbocycles. The number of thiophene rings is 1. The van der Waals surface area contributed by atoms with Crippen molar-refractivity contribution in [3.05, 3.63) is 60.0 Å². The lowest BCUT2D eigenvalue weighted by Gasteiger charge is -2.30. The first-order chi connectivity index (χ1) is 13.0. The number of carbonyl (C=O) groups excluding carboxylic acids is 1. The predicted molar refractivity (Wildman–Crippen MR) is 108 cm³/mol. The van der Waals surface area contributed by atoms with Gasteiger partial charge in [0.2, 0.25) is 5.91 Å². The second-order valence-corrected chi connectivity index (χ2v) is 9.80. The van der Waals surface area contributed by atoms with Gasteiger partial charge in [-0.15, -0.1) is 11.3 Å². The molecule has 1 aromatic heterocycles. The third kappa shape index (κ3) is 3.76. The van der Waals surface area contributed by atoms with Crippen molar-refractivity contribution < 1.29 is 13.2 Å². The summed E-state index contributed by atoms with van der Waals surface area (Å²) in [5.41, 5.74) is 0.733. The molecule has 3 aromatic rings. The maximum Gasteiger partial charge on any atom is 0.252 e. The summed E-state index contributed by atoms with van der Waals surface area (Å²) in [5, 5.41) is 6.87. The summed E-state index contributed by atoms with van der Waals surface area (Å²) in [5.74, 6) is -0.476. The van der Waals surface area contributed by atoms with E-state index in [1.165, 1.54) is 15.6 Å². The van der Waals surface area contributed by atoms with Crippen LogP contribution in [0.4, 0.5) is 5.69 Å². The van der Waals surface area contributed by atoms with E-state index in [4.69, 9.17) is 0 Å². The summed E-state index contributed by atoms with van der Waals surface area (Å²) in [6.07, 6.45) is 1.37. The number of benzene rings is 2. The zero-order valence-corrected chi connectivity index (χ0v) is 16.3. The number of sulfonamides is 1. The zero-order chi connectivity index (χ0) is 18.9. The van der Waals surface area contributed by atoms with Crippen LogP contribution in [0.3, 0.4) is 0 Å². The van der Waals surface area contributed by atoms with E-state index < -0.39 is 10.0 Å². The van der Waals surface area contributed by atoms with Gasteiger partial charge in [-0.3, -0.25) is 4.79 Å². The smallest absolute Gasteiger partial charge is 0.252 e. The quantitative estimate of drug-likeness (QED) is 0.721. The predicted octanol–water partition coefficient (Wildman–Crippen LogP) is 3.94. The fourth-order valence-electron chi connectivity index (χ4n) is 3.42. The molecule has 1 saturated heterocycles. The van der Waals surface area contributed by atoms with Crippen molar-refractivity contribution in [1.29, 1.82) is 0 Å². The molecule has 4 rings (SSSR count). The molecular weight excluding hydrogens is 380 g/mol. The normalized spacial score (nSPS) is 18.4. The first kappa shape index (κ1) is 18.2. The van der Waals surface area contributed by atoms with E-state index in [9.17, 15) is 13.2 Å². The molecule has 2 heterocycles. The number of piperidine rings is 1. The summed E-state index contributed by atoms with van der Waals surface area (Å²) in [4.78, 5) is 12.7. The van der Waals surface area contributed by atoms with Crippen LogP contribution in [0.2, 0.25) is 0 Å². The first-order valence-corrected chi connectivity index (χ1v) is 11.2. The monoisotopic (exact) mass is 400 g/mol. The Hall–Kier alpha value is -2.22. The highest BCUT2D eigenvalue weighted by Gasteiger charge is 2.33. The number of hydrogen-bond donors (Lipinski definition) is 1. The number of anilines is 1. The molecule has 1 N–H and O–H groups in total. The molecule has 0 spiro atoms. The largest absolute Gasteiger partial charge is 0.326 e. The Kier molecular flexibility index (Phi) is 4.99. The standard InChI is InChI=1S/C20H20N2O3S2/c23-20(21-18-10-9-15-5-1-2-6-16(15)13-18)17-7-3-11-22(14-17)27(24,25)19-8-4-12-26-19/h1-2,4-6,8-10,12-13,17H,3,7,11,14H2,(H,21,23)/t17-/m0/s1. The minimum absolute atomic E-state index is 0.128. The fourth-order valence-corrected chi connectivity index (χ4v) is 6.09. The molecule has 2 aromatic carbocycles. The SMILES string of the molecule is O=C(Nc1ccc2ccccc2c1)[C@H]1CCCN(S(=O)(=O)c2cccs2)C1. The molecule has 5 nitrogen and oxygen atoms in total. The molecule has 1 atom stereocenters. The van der Waals surface area contributed by atoms with Crippen molar-refractivity contribution in [2.75, 3.05) is 18.4 Å². The third-order valence-corrected chi connectivity index (χ3v) is 8.10. The van der Waals surface area contributed by atoms with E-state index in [1.807, 2.05) is 42.5 Å². The van der Waals surface area contributed by atoms with Crippen molar-refractivity contribution in [1.82, 2.24) is 4.31 Å². The maximum atomic E-state index is 12.7. The van der Waals surface area contributed by atoms with Crippen molar-refractivity contribution in [2.45, 2.75) is 17.1 Å². The Balaban J connectivity index is 1.48. The topological polar surface area (TPSA) is 66.5 Å². The minimum Gasteiger partial charge on any atom is -0.326 e. The van der Waals surface area contributed by atoms with E-state index in [0.29, 0.717) is 23.6 Å². The van der Waals surface area contributed by atoms with E-state index in [0.717, 1.165) is 16.5 Å². The van der Waals surface area contributed by atoms with Gasteiger partial charge in [0.15, 0.2) is 0 Å². The molecule has 1 aliphatic rings. The van der Waals surface area contributed by atoms with Gasteiger partial charge in [-0.2, -0.15) is 4.31 Å². The minimum atomic E-state index is -3.51. The highest BCUT2D eigenvalue weighted by molar-refractivity contribution is 7.91. The van der Waals surface area contributed by atoms with E-state index in [-0.39, 0.29) is 18.4 Å². The Morgan fingerprint density at radius 2 is 1.89 bits per heavy atom. The summed E-state index contributed by atoms with van der Waals surface area (Å²) in [6.45, 7) is 0.680. The number of rotatable bonds is 4. The lowest BCUT2D eigenvalue weighted by Crippen LogP contribution is -2.43. The van der Waals surface area contributed by atoms with Gasteiger partial charge in [-0.25, -0.2) is 8.42 Å². The van der Waals surface area contributed by atoms with Crippen LogP contribution in [-0.4, -0.2) is 31.7 Å². The van der Waals surface area contributed by atoms with Crippen molar-refractivity contribution >= 4 is 43.7 Å². The molecule has 0 bridgehead atoms.